The van der Waals surface area contributed by atoms with Crippen molar-refractivity contribution in [3.8, 4) is 0 Å². The first-order valence-electron chi connectivity index (χ1n) is 22.8. The molecule has 62 heavy (non-hydrogen) atoms. The first-order valence-corrected chi connectivity index (χ1v) is 22.8. The number of esters is 2. The predicted molar refractivity (Wildman–Crippen MR) is 224 cm³/mol. The molecule has 0 aromatic rings. The number of fused-ring (bicyclic) bond motifs is 4. The monoisotopic (exact) mass is 878 g/mol. The Morgan fingerprint density at radius 3 is 1.26 bits per heavy atom. The van der Waals surface area contributed by atoms with Gasteiger partial charge in [-0.25, -0.2) is 9.59 Å². The fourth-order valence-electron chi connectivity index (χ4n) is 9.42. The van der Waals surface area contributed by atoms with Gasteiger partial charge in [0, 0.05) is 36.5 Å². The second-order valence-corrected chi connectivity index (χ2v) is 18.3. The van der Waals surface area contributed by atoms with Gasteiger partial charge in [-0.1, -0.05) is 76.3 Å². The average molecular weight is 879 g/mol. The van der Waals surface area contributed by atoms with Crippen LogP contribution >= 0.6 is 0 Å². The number of hydrogen-bond donors (Lipinski definition) is 2. The molecule has 340 valence electrons. The Morgan fingerprint density at radius 2 is 0.887 bits per heavy atom. The number of allylic oxidation sites excluding steroid dienone is 8. The zero-order chi connectivity index (χ0) is 44.0. The van der Waals surface area contributed by atoms with Crippen LogP contribution in [0, 0.1) is 23.7 Å². The first kappa shape index (κ1) is 51.0. The average Bonchev–Trinajstić information content (AvgIpc) is 3.70. The van der Waals surface area contributed by atoms with Crippen molar-refractivity contribution in [2.45, 2.75) is 192 Å². The van der Waals surface area contributed by atoms with E-state index >= 15 is 0 Å². The summed E-state index contributed by atoms with van der Waals surface area (Å²) in [6.07, 6.45) is 13.6. The molecule has 7 bridgehead atoms. The smallest absolute Gasteiger partial charge is 0.504 e. The second-order valence-electron chi connectivity index (χ2n) is 18.3. The SMILES string of the molecule is C[C@@H]1CC/C=C\C=C\CC[C@H](O)CC(=O)[C@H](C)[C@@H]2CC[C@@H](C)[C@]3(O2)O[B-]24OC(C(=O)O1)[C@@]1(O[C@@H](CC[C@H]1C)[C@H](C)C(=O)C[C@H](O)CC/C=C/C=C\CC[C@@H](C)OC(=O)C3O2)O4.[Na+]. The summed E-state index contributed by atoms with van der Waals surface area (Å²) >= 11 is 0. The minimum absolute atomic E-state index is 0. The standard InChI is InChI=1S/C46H68BO14.Na/c1-29-23-25-39-33(5)37(50)27-35(48)21-17-13-10-8-12-16-20-32(4)55-44(53)42-46-30(2)24-26-40(57-46)34(6)38(51)28-36(49)22-18-14-9-7-11-15-19-31(3)54-43(52)41-45(29,56-39)60-47(58-41,59-42)61-46;/h7-14,29-36,39-42,48-49H,15-28H2,1-6H3;/q-1;+1/b11-7-,12-8-,13-10+,14-9+;/t29-,30-,31-,32-,33-,34+,35-,36+,39+,40+,41?,42?,45+,46+,47?;/m1./s1. The van der Waals surface area contributed by atoms with Crippen molar-refractivity contribution >= 4 is 30.5 Å². The normalized spacial score (nSPS) is 45.4. The van der Waals surface area contributed by atoms with Gasteiger partial charge in [-0.05, 0) is 90.9 Å². The summed E-state index contributed by atoms with van der Waals surface area (Å²) in [6, 6.07) is 0. The van der Waals surface area contributed by atoms with Gasteiger partial charge in [-0.3, -0.25) is 9.59 Å². The number of ether oxygens (including phenoxy) is 4. The molecule has 0 saturated carbocycles. The van der Waals surface area contributed by atoms with E-state index in [2.05, 4.69) is 0 Å². The Bertz CT molecular complexity index is 1570. The maximum absolute atomic E-state index is 14.5. The Labute approximate surface area is 389 Å². The van der Waals surface area contributed by atoms with Gasteiger partial charge in [-0.2, -0.15) is 0 Å². The van der Waals surface area contributed by atoms with Gasteiger partial charge in [0.05, 0.1) is 36.6 Å². The van der Waals surface area contributed by atoms with E-state index in [-0.39, 0.29) is 54.0 Å². The molecule has 0 aromatic heterocycles. The molecular formula is C46H68BNaO14. The van der Waals surface area contributed by atoms with Gasteiger partial charge in [0.25, 0.3) is 0 Å². The van der Waals surface area contributed by atoms with Gasteiger partial charge in [0.15, 0.2) is 23.8 Å². The number of carbonyl (C=O) groups is 4. The number of ketones is 2. The third-order valence-electron chi connectivity index (χ3n) is 13.5. The van der Waals surface area contributed by atoms with Crippen LogP contribution in [0.15, 0.2) is 48.6 Å². The summed E-state index contributed by atoms with van der Waals surface area (Å²) in [6.45, 7) is 7.23. The molecule has 3 spiro atoms. The summed E-state index contributed by atoms with van der Waals surface area (Å²) in [4.78, 5) is 56.4. The van der Waals surface area contributed by atoms with Crippen molar-refractivity contribution in [2.24, 2.45) is 23.7 Å². The third kappa shape index (κ3) is 11.9. The Kier molecular flexibility index (Phi) is 18.5. The van der Waals surface area contributed by atoms with Crippen molar-refractivity contribution in [2.75, 3.05) is 0 Å². The minimum atomic E-state index is -3.51. The summed E-state index contributed by atoms with van der Waals surface area (Å²) in [5, 5.41) is 21.7. The number of Topliss-reactive ketones (excluding diaryl/α,β-unsaturated/α-hetero) is 2. The third-order valence-corrected chi connectivity index (χ3v) is 13.5. The molecule has 15 atom stereocenters. The van der Waals surface area contributed by atoms with Crippen LogP contribution in [0.2, 0.25) is 0 Å². The molecule has 6 heterocycles. The number of cyclic esters (lactones) is 2. The van der Waals surface area contributed by atoms with E-state index in [1.807, 2.05) is 62.5 Å². The molecule has 4 saturated heterocycles. The molecule has 0 aromatic carbocycles. The van der Waals surface area contributed by atoms with E-state index in [4.69, 9.17) is 37.6 Å². The number of carbonyl (C=O) groups excluding carboxylic acids is 4. The van der Waals surface area contributed by atoms with Crippen molar-refractivity contribution in [1.82, 2.24) is 0 Å². The Balaban J connectivity index is 0.00000726. The number of hydrogen-bond acceptors (Lipinski definition) is 14. The van der Waals surface area contributed by atoms with E-state index < -0.39 is 103 Å². The molecule has 0 amide bonds. The zero-order valence-electron chi connectivity index (χ0n) is 37.8. The number of aliphatic hydroxyl groups excluding tert-OH is 2. The van der Waals surface area contributed by atoms with Crippen molar-refractivity contribution in [3.05, 3.63) is 48.6 Å². The molecule has 14 nitrogen and oxygen atoms in total. The van der Waals surface area contributed by atoms with Crippen LogP contribution < -0.4 is 29.6 Å². The van der Waals surface area contributed by atoms with Crippen LogP contribution in [0.1, 0.15) is 131 Å². The fraction of sp³-hybridized carbons (Fsp3) is 0.739. The molecule has 0 radical (unpaired) electrons. The quantitative estimate of drug-likeness (QED) is 0.267. The summed E-state index contributed by atoms with van der Waals surface area (Å²) in [5.41, 5.74) is 0. The summed E-state index contributed by atoms with van der Waals surface area (Å²) < 4.78 is 52.5. The van der Waals surface area contributed by atoms with Gasteiger partial charge >= 0.3 is 48.5 Å². The van der Waals surface area contributed by atoms with Gasteiger partial charge < -0.3 is 47.8 Å². The molecular weight excluding hydrogens is 810 g/mol. The van der Waals surface area contributed by atoms with Crippen LogP contribution in [-0.2, 0) is 56.7 Å². The van der Waals surface area contributed by atoms with Crippen LogP contribution in [0.4, 0.5) is 0 Å². The summed E-state index contributed by atoms with van der Waals surface area (Å²) in [7, 11) is 0. The number of aliphatic hydroxyl groups is 2. The molecule has 2 N–H and O–H groups in total. The van der Waals surface area contributed by atoms with Gasteiger partial charge in [0.1, 0.15) is 11.6 Å². The van der Waals surface area contributed by atoms with Crippen molar-refractivity contribution in [3.63, 3.8) is 0 Å². The second kappa shape index (κ2) is 22.5. The van der Waals surface area contributed by atoms with E-state index in [1.165, 1.54) is 0 Å². The van der Waals surface area contributed by atoms with E-state index in [0.717, 1.165) is 0 Å². The molecule has 6 aliphatic rings. The Hall–Kier alpha value is -2.02. The van der Waals surface area contributed by atoms with E-state index in [0.29, 0.717) is 77.0 Å². The molecule has 0 aliphatic carbocycles. The van der Waals surface area contributed by atoms with Crippen molar-refractivity contribution < 1.29 is 96.5 Å². The van der Waals surface area contributed by atoms with Gasteiger partial charge in [-0.15, -0.1) is 0 Å². The maximum atomic E-state index is 14.5. The maximum Gasteiger partial charge on any atom is 1.00 e. The van der Waals surface area contributed by atoms with Crippen LogP contribution in [0.25, 0.3) is 0 Å². The van der Waals surface area contributed by atoms with Crippen LogP contribution in [-0.4, -0.2) is 101 Å². The Morgan fingerprint density at radius 1 is 0.532 bits per heavy atom. The van der Waals surface area contributed by atoms with E-state index in [9.17, 15) is 29.4 Å². The fourth-order valence-corrected chi connectivity index (χ4v) is 9.42. The minimum Gasteiger partial charge on any atom is -0.504 e. The van der Waals surface area contributed by atoms with Gasteiger partial charge in [0.2, 0.25) is 0 Å². The van der Waals surface area contributed by atoms with Crippen LogP contribution in [0.5, 0.6) is 0 Å². The molecule has 6 aliphatic heterocycles. The van der Waals surface area contributed by atoms with Crippen LogP contribution in [0.3, 0.4) is 0 Å². The van der Waals surface area contributed by atoms with Crippen molar-refractivity contribution in [1.29, 1.82) is 0 Å². The zero-order valence-corrected chi connectivity index (χ0v) is 39.8. The molecule has 4 fully saturated rings. The predicted octanol–water partition coefficient (Wildman–Crippen LogP) is 3.43. The molecule has 6 rings (SSSR count). The molecule has 16 heteroatoms. The number of rotatable bonds is 0. The molecule has 3 unspecified atom stereocenters. The summed E-state index contributed by atoms with van der Waals surface area (Å²) in [5.74, 6) is -8.24. The topological polar surface area (TPSA) is 183 Å². The largest absolute Gasteiger partial charge is 1.00 e. The van der Waals surface area contributed by atoms with E-state index in [1.54, 1.807) is 27.7 Å². The first-order chi connectivity index (χ1) is 29.1.